The van der Waals surface area contributed by atoms with Crippen molar-refractivity contribution in [3.8, 4) is 0 Å². The van der Waals surface area contributed by atoms with Crippen molar-refractivity contribution in [2.45, 2.75) is 26.8 Å². The zero-order chi connectivity index (χ0) is 18.8. The van der Waals surface area contributed by atoms with Gasteiger partial charge in [-0.3, -0.25) is 9.10 Å². The molecule has 5 nitrogen and oxygen atoms in total. The van der Waals surface area contributed by atoms with Crippen molar-refractivity contribution < 1.29 is 17.6 Å². The van der Waals surface area contributed by atoms with Gasteiger partial charge in [0.25, 0.3) is 0 Å². The van der Waals surface area contributed by atoms with Crippen LogP contribution in [0.4, 0.5) is 15.8 Å². The average molecular weight is 364 g/mol. The van der Waals surface area contributed by atoms with Crippen molar-refractivity contribution in [2.24, 2.45) is 0 Å². The van der Waals surface area contributed by atoms with Crippen LogP contribution in [0.25, 0.3) is 0 Å². The highest BCUT2D eigenvalue weighted by Gasteiger charge is 2.29. The molecule has 0 aliphatic carbocycles. The minimum absolute atomic E-state index is 0.103. The monoisotopic (exact) mass is 364 g/mol. The van der Waals surface area contributed by atoms with Crippen LogP contribution in [0, 0.1) is 19.7 Å². The van der Waals surface area contributed by atoms with E-state index in [1.807, 2.05) is 26.0 Å². The Morgan fingerprint density at radius 1 is 1.16 bits per heavy atom. The first-order valence-corrected chi connectivity index (χ1v) is 9.57. The third-order valence-corrected chi connectivity index (χ3v) is 5.03. The molecule has 134 valence electrons. The second kappa shape index (κ2) is 7.23. The summed E-state index contributed by atoms with van der Waals surface area (Å²) in [6.45, 7) is 5.26. The summed E-state index contributed by atoms with van der Waals surface area (Å²) in [6.07, 6.45) is 0.985. The number of nitrogens with zero attached hydrogens (tertiary/aromatic N) is 1. The predicted octanol–water partition coefficient (Wildman–Crippen LogP) is 3.24. The number of anilines is 2. The number of halogens is 1. The van der Waals surface area contributed by atoms with E-state index in [-0.39, 0.29) is 5.69 Å². The summed E-state index contributed by atoms with van der Waals surface area (Å²) in [4.78, 5) is 12.6. The molecule has 0 spiro atoms. The van der Waals surface area contributed by atoms with Crippen molar-refractivity contribution in [1.29, 1.82) is 0 Å². The Bertz CT molecular complexity index is 897. The molecule has 0 saturated heterocycles. The fourth-order valence-electron chi connectivity index (χ4n) is 2.61. The van der Waals surface area contributed by atoms with Crippen LogP contribution < -0.4 is 9.62 Å². The fourth-order valence-corrected chi connectivity index (χ4v) is 3.78. The number of nitrogens with one attached hydrogen (secondary N) is 1. The second-order valence-corrected chi connectivity index (χ2v) is 7.88. The van der Waals surface area contributed by atoms with E-state index in [0.29, 0.717) is 5.69 Å². The maximum absolute atomic E-state index is 13.5. The van der Waals surface area contributed by atoms with Gasteiger partial charge in [0.05, 0.1) is 11.9 Å². The van der Waals surface area contributed by atoms with Crippen LogP contribution in [-0.4, -0.2) is 26.6 Å². The molecule has 0 aromatic heterocycles. The second-order valence-electron chi connectivity index (χ2n) is 6.02. The molecule has 0 radical (unpaired) electrons. The van der Waals surface area contributed by atoms with Gasteiger partial charge >= 0.3 is 0 Å². The molecule has 2 aromatic rings. The summed E-state index contributed by atoms with van der Waals surface area (Å²) in [5.74, 6) is -1.07. The van der Waals surface area contributed by atoms with E-state index in [4.69, 9.17) is 0 Å². The van der Waals surface area contributed by atoms with E-state index in [0.717, 1.165) is 27.8 Å². The molecule has 0 unspecified atom stereocenters. The van der Waals surface area contributed by atoms with Crippen LogP contribution >= 0.6 is 0 Å². The normalized spacial score (nSPS) is 12.5. The summed E-state index contributed by atoms with van der Waals surface area (Å²) in [5, 5.41) is 2.74. The first kappa shape index (κ1) is 18.9. The van der Waals surface area contributed by atoms with Crippen molar-refractivity contribution in [3.63, 3.8) is 0 Å². The zero-order valence-electron chi connectivity index (χ0n) is 14.6. The Morgan fingerprint density at radius 3 is 2.40 bits per heavy atom. The molecular weight excluding hydrogens is 343 g/mol. The number of sulfonamides is 1. The maximum Gasteiger partial charge on any atom is 0.248 e. The molecule has 0 bridgehead atoms. The number of hydrogen-bond donors (Lipinski definition) is 1. The summed E-state index contributed by atoms with van der Waals surface area (Å²) < 4.78 is 38.8. The molecule has 0 aliphatic heterocycles. The molecule has 1 N–H and O–H groups in total. The Labute approximate surface area is 147 Å². The van der Waals surface area contributed by atoms with Crippen LogP contribution in [0.2, 0.25) is 0 Å². The van der Waals surface area contributed by atoms with Crippen molar-refractivity contribution in [3.05, 3.63) is 59.4 Å². The minimum Gasteiger partial charge on any atom is -0.324 e. The van der Waals surface area contributed by atoms with Gasteiger partial charge in [-0.05, 0) is 50.6 Å². The van der Waals surface area contributed by atoms with Gasteiger partial charge in [-0.15, -0.1) is 0 Å². The molecule has 25 heavy (non-hydrogen) atoms. The van der Waals surface area contributed by atoms with E-state index in [1.165, 1.54) is 25.1 Å². The van der Waals surface area contributed by atoms with E-state index >= 15 is 0 Å². The highest BCUT2D eigenvalue weighted by atomic mass is 32.2. The molecule has 2 rings (SSSR count). The SMILES string of the molecule is Cc1ccc(NC(=O)[C@H](C)N(c2cccc(F)c2)S(C)(=O)=O)c(C)c1. The van der Waals surface area contributed by atoms with Gasteiger partial charge in [-0.1, -0.05) is 23.8 Å². The van der Waals surface area contributed by atoms with Crippen molar-refractivity contribution in [1.82, 2.24) is 0 Å². The van der Waals surface area contributed by atoms with Crippen LogP contribution in [0.3, 0.4) is 0 Å². The topological polar surface area (TPSA) is 66.5 Å². The van der Waals surface area contributed by atoms with Gasteiger partial charge in [-0.2, -0.15) is 0 Å². The van der Waals surface area contributed by atoms with Crippen LogP contribution in [0.5, 0.6) is 0 Å². The number of hydrogen-bond acceptors (Lipinski definition) is 3. The average Bonchev–Trinajstić information content (AvgIpc) is 2.48. The van der Waals surface area contributed by atoms with Gasteiger partial charge < -0.3 is 5.32 Å². The number of carbonyl (C=O) groups excluding carboxylic acids is 1. The highest BCUT2D eigenvalue weighted by molar-refractivity contribution is 7.92. The van der Waals surface area contributed by atoms with E-state index in [9.17, 15) is 17.6 Å². The van der Waals surface area contributed by atoms with Gasteiger partial charge in [0, 0.05) is 5.69 Å². The van der Waals surface area contributed by atoms with Gasteiger partial charge in [0.15, 0.2) is 0 Å². The molecular formula is C18H21FN2O3S. The molecule has 0 saturated carbocycles. The lowest BCUT2D eigenvalue weighted by molar-refractivity contribution is -0.116. The number of aryl methyl sites for hydroxylation is 2. The summed E-state index contributed by atoms with van der Waals surface area (Å²) >= 11 is 0. The van der Waals surface area contributed by atoms with Crippen molar-refractivity contribution in [2.75, 3.05) is 15.9 Å². The lowest BCUT2D eigenvalue weighted by Crippen LogP contribution is -2.45. The molecule has 1 amide bonds. The van der Waals surface area contributed by atoms with Crippen LogP contribution in [0.15, 0.2) is 42.5 Å². The van der Waals surface area contributed by atoms with Crippen LogP contribution in [-0.2, 0) is 14.8 Å². The first-order valence-electron chi connectivity index (χ1n) is 7.72. The highest BCUT2D eigenvalue weighted by Crippen LogP contribution is 2.23. The summed E-state index contributed by atoms with van der Waals surface area (Å²) in [6, 6.07) is 9.64. The maximum atomic E-state index is 13.5. The summed E-state index contributed by atoms with van der Waals surface area (Å²) in [7, 11) is -3.78. The number of benzene rings is 2. The molecule has 0 fully saturated rings. The van der Waals surface area contributed by atoms with E-state index in [1.54, 1.807) is 6.07 Å². The Kier molecular flexibility index (Phi) is 5.47. The third kappa shape index (κ3) is 4.57. The first-order chi connectivity index (χ1) is 11.6. The Morgan fingerprint density at radius 2 is 1.84 bits per heavy atom. The Balaban J connectivity index is 2.33. The quantitative estimate of drug-likeness (QED) is 0.886. The number of amides is 1. The smallest absolute Gasteiger partial charge is 0.248 e. The molecule has 0 heterocycles. The number of carbonyl (C=O) groups is 1. The van der Waals surface area contributed by atoms with E-state index in [2.05, 4.69) is 5.32 Å². The van der Waals surface area contributed by atoms with Gasteiger partial charge in [0.2, 0.25) is 15.9 Å². The molecule has 1 atom stereocenters. The minimum atomic E-state index is -3.78. The predicted molar refractivity (Wildman–Crippen MR) is 97.7 cm³/mol. The lowest BCUT2D eigenvalue weighted by Gasteiger charge is -2.28. The largest absolute Gasteiger partial charge is 0.324 e. The summed E-state index contributed by atoms with van der Waals surface area (Å²) in [5.41, 5.74) is 2.64. The molecule has 0 aliphatic rings. The zero-order valence-corrected chi connectivity index (χ0v) is 15.4. The number of rotatable bonds is 5. The van der Waals surface area contributed by atoms with Gasteiger partial charge in [-0.25, -0.2) is 12.8 Å². The molecule has 7 heteroatoms. The third-order valence-electron chi connectivity index (χ3n) is 3.79. The van der Waals surface area contributed by atoms with E-state index < -0.39 is 27.8 Å². The molecule has 2 aromatic carbocycles. The fraction of sp³-hybridized carbons (Fsp3) is 0.278. The standard InChI is InChI=1S/C18H21FN2O3S/c1-12-8-9-17(13(2)10-12)20-18(22)14(3)21(25(4,23)24)16-7-5-6-15(19)11-16/h5-11,14H,1-4H3,(H,20,22)/t14-/m0/s1. The van der Waals surface area contributed by atoms with Gasteiger partial charge in [0.1, 0.15) is 11.9 Å². The lowest BCUT2D eigenvalue weighted by atomic mass is 10.1. The Hall–Kier alpha value is -2.41. The van der Waals surface area contributed by atoms with Crippen LogP contribution in [0.1, 0.15) is 18.1 Å². The van der Waals surface area contributed by atoms with Crippen molar-refractivity contribution >= 4 is 27.3 Å².